The zero-order chi connectivity index (χ0) is 20.0. The number of carbonyl (C=O) groups is 1. The molecule has 0 aliphatic carbocycles. The number of para-hydroxylation sites is 1. The molecule has 3 rings (SSSR count). The molecule has 1 aromatic carbocycles. The Morgan fingerprint density at radius 1 is 1.30 bits per heavy atom. The molecule has 0 atom stereocenters. The first-order valence-corrected chi connectivity index (χ1v) is 8.99. The van der Waals surface area contributed by atoms with Crippen LogP contribution in [0.4, 0.5) is 18.3 Å². The second-order valence-corrected chi connectivity index (χ2v) is 8.21. The Labute approximate surface area is 164 Å². The van der Waals surface area contributed by atoms with Crippen molar-refractivity contribution in [3.8, 4) is 0 Å². The average molecular weight is 436 g/mol. The van der Waals surface area contributed by atoms with Crippen LogP contribution in [0.5, 0.6) is 0 Å². The highest BCUT2D eigenvalue weighted by atomic mass is 35.5. The molecule has 0 spiro atoms. The fourth-order valence-electron chi connectivity index (χ4n) is 2.54. The Balaban J connectivity index is 2.32. The van der Waals surface area contributed by atoms with Crippen LogP contribution in [0.2, 0.25) is 0 Å². The van der Waals surface area contributed by atoms with Gasteiger partial charge in [0.15, 0.2) is 9.46 Å². The van der Waals surface area contributed by atoms with E-state index in [9.17, 15) is 22.8 Å². The molecular formula is C16H10Cl2F3N3O2S. The molecule has 0 radical (unpaired) electrons. The summed E-state index contributed by atoms with van der Waals surface area (Å²) in [6.07, 6.45) is -3.28. The number of amides is 1. The zero-order valence-electron chi connectivity index (χ0n) is 13.4. The van der Waals surface area contributed by atoms with Gasteiger partial charge in [0, 0.05) is 17.0 Å². The van der Waals surface area contributed by atoms with Gasteiger partial charge < -0.3 is 4.98 Å². The van der Waals surface area contributed by atoms with Gasteiger partial charge in [0.05, 0.1) is 16.8 Å². The maximum absolute atomic E-state index is 13.3. The molecular weight excluding hydrogens is 426 g/mol. The monoisotopic (exact) mass is 435 g/mol. The summed E-state index contributed by atoms with van der Waals surface area (Å²) in [5.74, 6) is -0.881. The van der Waals surface area contributed by atoms with Crippen LogP contribution in [-0.2, 0) is 10.5 Å². The minimum absolute atomic E-state index is 0.209. The molecule has 0 aliphatic rings. The van der Waals surface area contributed by atoms with E-state index in [4.69, 9.17) is 23.2 Å². The molecule has 27 heavy (non-hydrogen) atoms. The fraction of sp³-hybridized carbons (Fsp3) is 0.188. The quantitative estimate of drug-likeness (QED) is 0.574. The number of nitrogens with zero attached hydrogens (tertiary/aromatic N) is 1. The van der Waals surface area contributed by atoms with Crippen molar-refractivity contribution in [3.05, 3.63) is 56.8 Å². The van der Waals surface area contributed by atoms with Crippen LogP contribution in [0.15, 0.2) is 34.6 Å². The molecule has 2 N–H and O–H groups in total. The average Bonchev–Trinajstić information content (AvgIpc) is 3.05. The SMILES string of the molecule is CC(Cl)(Cl)c1[nH]c2c(C(F)(F)F)cccc2c(=O)c1C(=O)Nc1nccs1. The molecule has 2 heterocycles. The molecule has 0 saturated carbocycles. The number of hydrogen-bond acceptors (Lipinski definition) is 4. The van der Waals surface area contributed by atoms with Crippen molar-refractivity contribution in [2.24, 2.45) is 0 Å². The van der Waals surface area contributed by atoms with Crippen molar-refractivity contribution in [2.45, 2.75) is 17.4 Å². The van der Waals surface area contributed by atoms with E-state index in [1.807, 2.05) is 0 Å². The van der Waals surface area contributed by atoms with Gasteiger partial charge in [-0.05, 0) is 19.1 Å². The first kappa shape index (κ1) is 19.7. The first-order chi connectivity index (χ1) is 12.5. The third kappa shape index (κ3) is 3.80. The largest absolute Gasteiger partial charge is 0.418 e. The topological polar surface area (TPSA) is 74.8 Å². The first-order valence-electron chi connectivity index (χ1n) is 7.35. The standard InChI is InChI=1S/C16H10Cl2F3N3O2S/c1-15(17,18)12-9(13(26)24-14-22-5-6-27-14)11(25)7-3-2-4-8(10(7)23-12)16(19,20)21/h2-6H,1H3,(H,23,25)(H,22,24,26). The third-order valence-corrected chi connectivity index (χ3v) is 4.73. The molecule has 0 saturated heterocycles. The summed E-state index contributed by atoms with van der Waals surface area (Å²) in [5, 5.41) is 3.91. The molecule has 142 valence electrons. The van der Waals surface area contributed by atoms with E-state index in [0.717, 1.165) is 23.5 Å². The summed E-state index contributed by atoms with van der Waals surface area (Å²) in [6, 6.07) is 3.09. The summed E-state index contributed by atoms with van der Waals surface area (Å²) in [7, 11) is 0. The molecule has 0 unspecified atom stereocenters. The second kappa shape index (κ2) is 6.81. The fourth-order valence-corrected chi connectivity index (χ4v) is 3.35. The second-order valence-electron chi connectivity index (χ2n) is 5.61. The van der Waals surface area contributed by atoms with Crippen LogP contribution in [0, 0.1) is 0 Å². The number of rotatable bonds is 3. The number of hydrogen-bond donors (Lipinski definition) is 2. The molecule has 5 nitrogen and oxygen atoms in total. The van der Waals surface area contributed by atoms with Crippen molar-refractivity contribution in [1.29, 1.82) is 0 Å². The molecule has 0 fully saturated rings. The highest BCUT2D eigenvalue weighted by molar-refractivity contribution is 7.13. The minimum Gasteiger partial charge on any atom is -0.355 e. The van der Waals surface area contributed by atoms with E-state index >= 15 is 0 Å². The van der Waals surface area contributed by atoms with Gasteiger partial charge in [-0.25, -0.2) is 4.98 Å². The number of halogens is 5. The molecule has 2 aromatic heterocycles. The Bertz CT molecular complexity index is 1070. The van der Waals surface area contributed by atoms with Crippen LogP contribution < -0.4 is 10.7 Å². The predicted octanol–water partition coefficient (Wildman–Crippen LogP) is 4.91. The lowest BCUT2D eigenvalue weighted by atomic mass is 10.0. The van der Waals surface area contributed by atoms with Crippen LogP contribution in [0.1, 0.15) is 28.5 Å². The molecule has 3 aromatic rings. The molecule has 11 heteroatoms. The number of aromatic amines is 1. The summed E-state index contributed by atoms with van der Waals surface area (Å²) in [6.45, 7) is 1.24. The number of fused-ring (bicyclic) bond motifs is 1. The summed E-state index contributed by atoms with van der Waals surface area (Å²) < 4.78 is 38.1. The molecule has 1 amide bonds. The highest BCUT2D eigenvalue weighted by Crippen LogP contribution is 2.37. The lowest BCUT2D eigenvalue weighted by molar-refractivity contribution is -0.136. The van der Waals surface area contributed by atoms with E-state index < -0.39 is 38.5 Å². The number of H-pyrrole nitrogens is 1. The van der Waals surface area contributed by atoms with Crippen LogP contribution in [0.25, 0.3) is 10.9 Å². The predicted molar refractivity (Wildman–Crippen MR) is 98.7 cm³/mol. The molecule has 0 bridgehead atoms. The van der Waals surface area contributed by atoms with E-state index in [0.29, 0.717) is 0 Å². The number of benzene rings is 1. The summed E-state index contributed by atoms with van der Waals surface area (Å²) >= 11 is 13.2. The van der Waals surface area contributed by atoms with Crippen LogP contribution in [-0.4, -0.2) is 15.9 Å². The number of alkyl halides is 5. The lowest BCUT2D eigenvalue weighted by Gasteiger charge is -2.20. The van der Waals surface area contributed by atoms with Gasteiger partial charge in [-0.1, -0.05) is 29.3 Å². The van der Waals surface area contributed by atoms with Crippen molar-refractivity contribution >= 4 is 56.5 Å². The van der Waals surface area contributed by atoms with E-state index in [-0.39, 0.29) is 16.2 Å². The number of nitrogens with one attached hydrogen (secondary N) is 2. The van der Waals surface area contributed by atoms with Gasteiger partial charge in [-0.15, -0.1) is 11.3 Å². The molecule has 0 aliphatic heterocycles. The van der Waals surface area contributed by atoms with Gasteiger partial charge in [0.2, 0.25) is 5.43 Å². The number of carbonyl (C=O) groups excluding carboxylic acids is 1. The van der Waals surface area contributed by atoms with Crippen molar-refractivity contribution < 1.29 is 18.0 Å². The minimum atomic E-state index is -4.72. The Morgan fingerprint density at radius 2 is 2.00 bits per heavy atom. The lowest BCUT2D eigenvalue weighted by Crippen LogP contribution is -2.29. The van der Waals surface area contributed by atoms with Crippen molar-refractivity contribution in [1.82, 2.24) is 9.97 Å². The Hall–Kier alpha value is -2.10. The Morgan fingerprint density at radius 3 is 2.56 bits per heavy atom. The number of thiazole rings is 1. The van der Waals surface area contributed by atoms with Crippen LogP contribution >= 0.6 is 34.5 Å². The van der Waals surface area contributed by atoms with Gasteiger partial charge in [-0.3, -0.25) is 14.9 Å². The Kier molecular flexibility index (Phi) is 4.96. The normalized spacial score (nSPS) is 12.4. The number of aromatic nitrogens is 2. The number of pyridine rings is 1. The van der Waals surface area contributed by atoms with Gasteiger partial charge >= 0.3 is 6.18 Å². The van der Waals surface area contributed by atoms with Crippen molar-refractivity contribution in [3.63, 3.8) is 0 Å². The third-order valence-electron chi connectivity index (χ3n) is 3.66. The van der Waals surface area contributed by atoms with Crippen molar-refractivity contribution in [2.75, 3.05) is 5.32 Å². The van der Waals surface area contributed by atoms with E-state index in [2.05, 4.69) is 15.3 Å². The number of anilines is 1. The summed E-state index contributed by atoms with van der Waals surface area (Å²) in [4.78, 5) is 31.8. The maximum atomic E-state index is 13.3. The highest BCUT2D eigenvalue weighted by Gasteiger charge is 2.36. The smallest absolute Gasteiger partial charge is 0.355 e. The van der Waals surface area contributed by atoms with Gasteiger partial charge in [0.1, 0.15) is 5.56 Å². The zero-order valence-corrected chi connectivity index (χ0v) is 15.8. The summed E-state index contributed by atoms with van der Waals surface area (Å²) in [5.41, 5.74) is -3.31. The van der Waals surface area contributed by atoms with Gasteiger partial charge in [-0.2, -0.15) is 13.2 Å². The van der Waals surface area contributed by atoms with Crippen LogP contribution in [0.3, 0.4) is 0 Å². The van der Waals surface area contributed by atoms with Gasteiger partial charge in [0.25, 0.3) is 5.91 Å². The van der Waals surface area contributed by atoms with E-state index in [1.54, 1.807) is 5.38 Å². The maximum Gasteiger partial charge on any atom is 0.418 e. The van der Waals surface area contributed by atoms with E-state index in [1.165, 1.54) is 19.2 Å².